The van der Waals surface area contributed by atoms with E-state index in [-0.39, 0.29) is 12.1 Å². The summed E-state index contributed by atoms with van der Waals surface area (Å²) in [7, 11) is 2.43. The molecule has 0 aromatic rings. The lowest BCUT2D eigenvalue weighted by atomic mass is 10.2. The van der Waals surface area contributed by atoms with E-state index in [4.69, 9.17) is 9.47 Å². The number of thioether (sulfide) groups is 1. The van der Waals surface area contributed by atoms with E-state index in [9.17, 15) is 17.6 Å². The van der Waals surface area contributed by atoms with Crippen LogP contribution < -0.4 is 0 Å². The summed E-state index contributed by atoms with van der Waals surface area (Å²) < 4.78 is 63.1. The Hall–Kier alpha value is -1.70. The van der Waals surface area contributed by atoms with Crippen molar-refractivity contribution in [3.05, 3.63) is 46.0 Å². The standard InChI is InChI=1S/C16H21F4NO2S/c1-7-9-12(17)14(16(18,19)20)15(23-6)21-10(3)13(8-2)24-11(4)22-5/h8-9H,4,7H2,1-3,5-6H3/b12-9-,13-8-,15-14-,21-10+. The molecule has 0 unspecified atom stereocenters. The van der Waals surface area contributed by atoms with Crippen molar-refractivity contribution < 1.29 is 27.0 Å². The van der Waals surface area contributed by atoms with Crippen molar-refractivity contribution in [2.45, 2.75) is 33.4 Å². The molecule has 0 aromatic carbocycles. The van der Waals surface area contributed by atoms with Gasteiger partial charge in [-0.2, -0.15) is 13.2 Å². The van der Waals surface area contributed by atoms with Crippen LogP contribution in [0.3, 0.4) is 0 Å². The molecule has 3 nitrogen and oxygen atoms in total. The van der Waals surface area contributed by atoms with Crippen LogP contribution in [0.25, 0.3) is 0 Å². The van der Waals surface area contributed by atoms with Gasteiger partial charge in [0, 0.05) is 4.91 Å². The number of aliphatic imine (C=N–C) groups is 1. The molecule has 0 heterocycles. The molecule has 0 saturated heterocycles. The van der Waals surface area contributed by atoms with Gasteiger partial charge in [0.05, 0.1) is 19.9 Å². The van der Waals surface area contributed by atoms with Crippen LogP contribution in [0.4, 0.5) is 17.6 Å². The van der Waals surface area contributed by atoms with Crippen molar-refractivity contribution in [2.24, 2.45) is 4.99 Å². The summed E-state index contributed by atoms with van der Waals surface area (Å²) in [6.45, 7) is 8.32. The zero-order valence-corrected chi connectivity index (χ0v) is 15.1. The van der Waals surface area contributed by atoms with Gasteiger partial charge in [0.2, 0.25) is 5.88 Å². The normalized spacial score (nSPS) is 15.1. The molecule has 0 fully saturated rings. The number of hydrogen-bond acceptors (Lipinski definition) is 4. The molecule has 0 aliphatic carbocycles. The van der Waals surface area contributed by atoms with E-state index >= 15 is 0 Å². The van der Waals surface area contributed by atoms with Crippen LogP contribution in [-0.2, 0) is 9.47 Å². The molecule has 0 atom stereocenters. The lowest BCUT2D eigenvalue weighted by molar-refractivity contribution is -0.0944. The highest BCUT2D eigenvalue weighted by atomic mass is 32.2. The van der Waals surface area contributed by atoms with E-state index < -0.39 is 23.5 Å². The third-order valence-electron chi connectivity index (χ3n) is 2.65. The summed E-state index contributed by atoms with van der Waals surface area (Å²) in [5, 5.41) is 0.341. The van der Waals surface area contributed by atoms with Crippen LogP contribution in [0, 0.1) is 0 Å². The first-order valence-electron chi connectivity index (χ1n) is 6.96. The number of halogens is 4. The minimum absolute atomic E-state index is 0.106. The van der Waals surface area contributed by atoms with Crippen molar-refractivity contribution in [1.82, 2.24) is 0 Å². The molecule has 0 aliphatic heterocycles. The Kier molecular flexibility index (Phi) is 9.50. The molecule has 0 spiro atoms. The molecular formula is C16H21F4NO2S. The van der Waals surface area contributed by atoms with Crippen molar-refractivity contribution in [3.63, 3.8) is 0 Å². The summed E-state index contributed by atoms with van der Waals surface area (Å²) in [6.07, 6.45) is -2.38. The average molecular weight is 367 g/mol. The van der Waals surface area contributed by atoms with E-state index in [1.54, 1.807) is 13.0 Å². The Bertz CT molecular complexity index is 575. The molecule has 24 heavy (non-hydrogen) atoms. The smallest absolute Gasteiger partial charge is 0.424 e. The summed E-state index contributed by atoms with van der Waals surface area (Å²) in [5.74, 6) is -2.26. The van der Waals surface area contributed by atoms with E-state index in [1.807, 2.05) is 0 Å². The average Bonchev–Trinajstić information content (AvgIpc) is 2.50. The number of nitrogens with zero attached hydrogens (tertiary/aromatic N) is 1. The van der Waals surface area contributed by atoms with Gasteiger partial charge in [0.15, 0.2) is 5.57 Å². The summed E-state index contributed by atoms with van der Waals surface area (Å²) in [4.78, 5) is 4.32. The molecule has 0 bridgehead atoms. The second kappa shape index (κ2) is 10.2. The molecule has 8 heteroatoms. The molecule has 0 aromatic heterocycles. The molecule has 0 aliphatic rings. The second-order valence-corrected chi connectivity index (χ2v) is 5.47. The van der Waals surface area contributed by atoms with Gasteiger partial charge < -0.3 is 9.47 Å². The van der Waals surface area contributed by atoms with Gasteiger partial charge >= 0.3 is 6.18 Å². The number of rotatable bonds is 8. The van der Waals surface area contributed by atoms with Crippen LogP contribution in [0.1, 0.15) is 27.2 Å². The van der Waals surface area contributed by atoms with Crippen LogP contribution in [0.2, 0.25) is 0 Å². The van der Waals surface area contributed by atoms with Crippen LogP contribution >= 0.6 is 11.8 Å². The van der Waals surface area contributed by atoms with Gasteiger partial charge in [-0.3, -0.25) is 0 Å². The maximum atomic E-state index is 13.9. The number of hydrogen-bond donors (Lipinski definition) is 0. The van der Waals surface area contributed by atoms with Gasteiger partial charge in [0.25, 0.3) is 0 Å². The molecule has 0 rings (SSSR count). The summed E-state index contributed by atoms with van der Waals surface area (Å²) in [6, 6.07) is 0. The third kappa shape index (κ3) is 6.82. The van der Waals surface area contributed by atoms with Gasteiger partial charge in [0.1, 0.15) is 10.9 Å². The molecule has 0 radical (unpaired) electrons. The maximum Gasteiger partial charge on any atom is 0.424 e. The highest BCUT2D eigenvalue weighted by molar-refractivity contribution is 8.07. The Morgan fingerprint density at radius 1 is 1.25 bits per heavy atom. The van der Waals surface area contributed by atoms with E-state index in [2.05, 4.69) is 11.6 Å². The Morgan fingerprint density at radius 2 is 1.83 bits per heavy atom. The number of alkyl halides is 3. The van der Waals surface area contributed by atoms with Gasteiger partial charge in [-0.05, 0) is 32.9 Å². The van der Waals surface area contributed by atoms with E-state index in [0.717, 1.165) is 24.9 Å². The third-order valence-corrected chi connectivity index (χ3v) is 3.80. The quantitative estimate of drug-likeness (QED) is 0.232. The first-order chi connectivity index (χ1) is 11.1. The van der Waals surface area contributed by atoms with Crippen molar-refractivity contribution in [3.8, 4) is 0 Å². The molecule has 0 saturated carbocycles. The van der Waals surface area contributed by atoms with Gasteiger partial charge in [-0.1, -0.05) is 24.8 Å². The highest BCUT2D eigenvalue weighted by Gasteiger charge is 2.40. The highest BCUT2D eigenvalue weighted by Crippen LogP contribution is 2.36. The largest absolute Gasteiger partial charge is 0.491 e. The maximum absolute atomic E-state index is 13.9. The van der Waals surface area contributed by atoms with E-state index in [0.29, 0.717) is 10.00 Å². The molecule has 0 N–H and O–H groups in total. The first kappa shape index (κ1) is 22.3. The lowest BCUT2D eigenvalue weighted by Gasteiger charge is -2.14. The summed E-state index contributed by atoms with van der Waals surface area (Å²) >= 11 is 1.09. The Balaban J connectivity index is 6.09. The Labute approximate surface area is 143 Å². The minimum Gasteiger partial charge on any atom is -0.491 e. The van der Waals surface area contributed by atoms with Crippen molar-refractivity contribution in [2.75, 3.05) is 14.2 Å². The molecular weight excluding hydrogens is 346 g/mol. The monoisotopic (exact) mass is 367 g/mol. The van der Waals surface area contributed by atoms with Crippen molar-refractivity contribution in [1.29, 1.82) is 0 Å². The van der Waals surface area contributed by atoms with E-state index in [1.165, 1.54) is 21.0 Å². The molecule has 0 amide bonds. The minimum atomic E-state index is -4.94. The van der Waals surface area contributed by atoms with Gasteiger partial charge in [-0.15, -0.1) is 0 Å². The number of methoxy groups -OCH3 is 2. The van der Waals surface area contributed by atoms with Crippen LogP contribution in [0.5, 0.6) is 0 Å². The fourth-order valence-corrected chi connectivity index (χ4v) is 2.20. The molecule has 136 valence electrons. The lowest BCUT2D eigenvalue weighted by Crippen LogP contribution is -2.16. The van der Waals surface area contributed by atoms with Crippen LogP contribution in [-0.4, -0.2) is 26.1 Å². The topological polar surface area (TPSA) is 30.8 Å². The first-order valence-corrected chi connectivity index (χ1v) is 7.78. The Morgan fingerprint density at radius 3 is 2.21 bits per heavy atom. The second-order valence-electron chi connectivity index (χ2n) is 4.37. The van der Waals surface area contributed by atoms with Crippen molar-refractivity contribution >= 4 is 17.5 Å². The summed E-state index contributed by atoms with van der Waals surface area (Å²) in [5.41, 5.74) is -1.33. The fourth-order valence-electron chi connectivity index (χ4n) is 1.56. The zero-order chi connectivity index (χ0) is 18.9. The number of ether oxygens (including phenoxy) is 2. The number of allylic oxidation sites excluding steroid dienone is 5. The SMILES string of the molecule is C=C(OC)SC(=C\C)/C(C)=N/C(OC)=C(\C(F)=C\CC)C(F)(F)F. The fraction of sp³-hybridized carbons (Fsp3) is 0.438. The predicted molar refractivity (Wildman–Crippen MR) is 90.2 cm³/mol. The predicted octanol–water partition coefficient (Wildman–Crippen LogP) is 5.89. The van der Waals surface area contributed by atoms with Crippen LogP contribution in [0.15, 0.2) is 51.0 Å². The zero-order valence-electron chi connectivity index (χ0n) is 14.3. The van der Waals surface area contributed by atoms with Gasteiger partial charge in [-0.25, -0.2) is 9.38 Å².